The lowest BCUT2D eigenvalue weighted by atomic mass is 10.1. The smallest absolute Gasteiger partial charge is 0.199 e. The fourth-order valence-corrected chi connectivity index (χ4v) is 3.27. The second-order valence-corrected chi connectivity index (χ2v) is 7.51. The molecular formula is C15H12BrN3O2S. The Hall–Kier alpha value is -1.99. The van der Waals surface area contributed by atoms with E-state index in [0.717, 1.165) is 19.7 Å². The van der Waals surface area contributed by atoms with Crippen LogP contribution in [0.2, 0.25) is 0 Å². The van der Waals surface area contributed by atoms with Crippen LogP contribution in [0.15, 0.2) is 64.1 Å². The summed E-state index contributed by atoms with van der Waals surface area (Å²) < 4.78 is 26.7. The number of rotatable bonds is 3. The van der Waals surface area contributed by atoms with Gasteiger partial charge in [-0.3, -0.25) is 0 Å². The van der Waals surface area contributed by atoms with E-state index < -0.39 is 10.0 Å². The largest absolute Gasteiger partial charge is 0.284 e. The van der Waals surface area contributed by atoms with Crippen LogP contribution in [-0.4, -0.2) is 22.8 Å². The van der Waals surface area contributed by atoms with E-state index in [1.54, 1.807) is 12.1 Å². The monoisotopic (exact) mass is 377 g/mol. The molecule has 0 saturated heterocycles. The standard InChI is InChI=1S/C15H12BrN3O2S/c1-11-2-4-12(5-3-11)15-10-19(18-17-15)22(20,21)14-8-6-13(16)7-9-14/h2-10H,1H3. The summed E-state index contributed by atoms with van der Waals surface area (Å²) in [6.45, 7) is 1.98. The Morgan fingerprint density at radius 1 is 1.00 bits per heavy atom. The van der Waals surface area contributed by atoms with E-state index in [4.69, 9.17) is 0 Å². The van der Waals surface area contributed by atoms with Crippen molar-refractivity contribution in [2.45, 2.75) is 11.8 Å². The Morgan fingerprint density at radius 2 is 1.64 bits per heavy atom. The second-order valence-electron chi connectivity index (χ2n) is 4.80. The minimum atomic E-state index is -3.73. The lowest BCUT2D eigenvalue weighted by molar-refractivity contribution is 0.577. The number of aryl methyl sites for hydroxylation is 1. The summed E-state index contributed by atoms with van der Waals surface area (Å²) in [6.07, 6.45) is 1.42. The van der Waals surface area contributed by atoms with Gasteiger partial charge in [-0.05, 0) is 31.2 Å². The van der Waals surface area contributed by atoms with Gasteiger partial charge in [0.1, 0.15) is 5.69 Å². The number of halogens is 1. The molecule has 0 fully saturated rings. The van der Waals surface area contributed by atoms with Gasteiger partial charge in [-0.15, -0.1) is 9.19 Å². The first kappa shape index (κ1) is 14.9. The highest BCUT2D eigenvalue weighted by Gasteiger charge is 2.19. The van der Waals surface area contributed by atoms with Crippen LogP contribution in [0, 0.1) is 6.92 Å². The third-order valence-corrected chi connectivity index (χ3v) is 5.25. The highest BCUT2D eigenvalue weighted by atomic mass is 79.9. The van der Waals surface area contributed by atoms with Crippen LogP contribution >= 0.6 is 15.9 Å². The van der Waals surface area contributed by atoms with E-state index in [1.807, 2.05) is 31.2 Å². The van der Waals surface area contributed by atoms with Gasteiger partial charge in [0.25, 0.3) is 10.0 Å². The van der Waals surface area contributed by atoms with Crippen LogP contribution in [0.5, 0.6) is 0 Å². The van der Waals surface area contributed by atoms with Crippen LogP contribution < -0.4 is 0 Å². The summed E-state index contributed by atoms with van der Waals surface area (Å²) in [5, 5.41) is 7.70. The molecule has 0 atom stereocenters. The van der Waals surface area contributed by atoms with Gasteiger partial charge in [0.15, 0.2) is 0 Å². The van der Waals surface area contributed by atoms with Gasteiger partial charge < -0.3 is 0 Å². The van der Waals surface area contributed by atoms with Gasteiger partial charge in [-0.2, -0.15) is 8.42 Å². The minimum Gasteiger partial charge on any atom is -0.199 e. The summed E-state index contributed by atoms with van der Waals surface area (Å²) in [6, 6.07) is 14.0. The lowest BCUT2D eigenvalue weighted by Crippen LogP contribution is -2.13. The first-order chi connectivity index (χ1) is 10.5. The molecule has 1 heterocycles. The maximum Gasteiger partial charge on any atom is 0.284 e. The fraction of sp³-hybridized carbons (Fsp3) is 0.0667. The molecule has 3 aromatic rings. The van der Waals surface area contributed by atoms with Crippen molar-refractivity contribution in [3.8, 4) is 11.3 Å². The predicted molar refractivity (Wildman–Crippen MR) is 86.9 cm³/mol. The molecule has 0 N–H and O–H groups in total. The Bertz CT molecular complexity index is 901. The van der Waals surface area contributed by atoms with Gasteiger partial charge >= 0.3 is 0 Å². The van der Waals surface area contributed by atoms with Crippen LogP contribution in [0.4, 0.5) is 0 Å². The molecule has 0 radical (unpaired) electrons. The number of nitrogens with zero attached hydrogens (tertiary/aromatic N) is 3. The molecule has 0 aliphatic carbocycles. The van der Waals surface area contributed by atoms with Crippen LogP contribution in [-0.2, 0) is 10.0 Å². The summed E-state index contributed by atoms with van der Waals surface area (Å²) >= 11 is 3.28. The highest BCUT2D eigenvalue weighted by Crippen LogP contribution is 2.20. The Kier molecular flexibility index (Phi) is 3.84. The normalized spacial score (nSPS) is 11.5. The summed E-state index contributed by atoms with van der Waals surface area (Å²) in [5.74, 6) is 0. The summed E-state index contributed by atoms with van der Waals surface area (Å²) in [5.41, 5.74) is 2.46. The minimum absolute atomic E-state index is 0.163. The third-order valence-electron chi connectivity index (χ3n) is 3.18. The number of hydrogen-bond acceptors (Lipinski definition) is 4. The van der Waals surface area contributed by atoms with Crippen molar-refractivity contribution in [1.82, 2.24) is 14.4 Å². The van der Waals surface area contributed by atoms with E-state index in [9.17, 15) is 8.42 Å². The van der Waals surface area contributed by atoms with E-state index in [-0.39, 0.29) is 4.90 Å². The lowest BCUT2D eigenvalue weighted by Gasteiger charge is -2.03. The van der Waals surface area contributed by atoms with Gasteiger partial charge in [-0.25, -0.2) is 0 Å². The number of hydrogen-bond donors (Lipinski definition) is 0. The Balaban J connectivity index is 1.99. The van der Waals surface area contributed by atoms with Crippen molar-refractivity contribution >= 4 is 26.0 Å². The van der Waals surface area contributed by atoms with Crippen molar-refractivity contribution in [2.75, 3.05) is 0 Å². The van der Waals surface area contributed by atoms with Gasteiger partial charge in [0.2, 0.25) is 0 Å². The number of benzene rings is 2. The van der Waals surface area contributed by atoms with Crippen LogP contribution in [0.3, 0.4) is 0 Å². The topological polar surface area (TPSA) is 64.8 Å². The van der Waals surface area contributed by atoms with Crippen molar-refractivity contribution in [3.63, 3.8) is 0 Å². The van der Waals surface area contributed by atoms with Gasteiger partial charge in [0, 0.05) is 10.0 Å². The number of aromatic nitrogens is 3. The van der Waals surface area contributed by atoms with Crippen molar-refractivity contribution in [1.29, 1.82) is 0 Å². The van der Waals surface area contributed by atoms with Crippen LogP contribution in [0.1, 0.15) is 5.56 Å². The molecule has 0 aliphatic rings. The first-order valence-corrected chi connectivity index (χ1v) is 8.71. The van der Waals surface area contributed by atoms with E-state index >= 15 is 0 Å². The first-order valence-electron chi connectivity index (χ1n) is 6.47. The molecule has 0 saturated carbocycles. The van der Waals surface area contributed by atoms with Crippen molar-refractivity contribution in [3.05, 3.63) is 64.8 Å². The summed E-state index contributed by atoms with van der Waals surface area (Å²) in [7, 11) is -3.73. The quantitative estimate of drug-likeness (QED) is 0.702. The maximum atomic E-state index is 12.5. The van der Waals surface area contributed by atoms with E-state index in [0.29, 0.717) is 5.69 Å². The molecule has 0 bridgehead atoms. The molecule has 112 valence electrons. The average molecular weight is 378 g/mol. The van der Waals surface area contributed by atoms with Crippen LogP contribution in [0.25, 0.3) is 11.3 Å². The average Bonchev–Trinajstić information content (AvgIpc) is 2.99. The summed E-state index contributed by atoms with van der Waals surface area (Å²) in [4.78, 5) is 0.163. The zero-order chi connectivity index (χ0) is 15.7. The molecule has 1 aromatic heterocycles. The molecule has 0 aliphatic heterocycles. The highest BCUT2D eigenvalue weighted by molar-refractivity contribution is 9.10. The zero-order valence-corrected chi connectivity index (χ0v) is 14.0. The van der Waals surface area contributed by atoms with E-state index in [1.165, 1.54) is 18.3 Å². The Morgan fingerprint density at radius 3 is 2.27 bits per heavy atom. The molecular weight excluding hydrogens is 366 g/mol. The molecule has 2 aromatic carbocycles. The Labute approximate surface area is 136 Å². The second kappa shape index (κ2) is 5.66. The fourth-order valence-electron chi connectivity index (χ4n) is 1.94. The van der Waals surface area contributed by atoms with E-state index in [2.05, 4.69) is 26.2 Å². The molecule has 0 spiro atoms. The molecule has 22 heavy (non-hydrogen) atoms. The third kappa shape index (κ3) is 2.82. The molecule has 0 unspecified atom stereocenters. The van der Waals surface area contributed by atoms with Crippen molar-refractivity contribution in [2.24, 2.45) is 0 Å². The van der Waals surface area contributed by atoms with Gasteiger partial charge in [-0.1, -0.05) is 51.0 Å². The van der Waals surface area contributed by atoms with Gasteiger partial charge in [0.05, 0.1) is 11.1 Å². The molecule has 3 rings (SSSR count). The zero-order valence-electron chi connectivity index (χ0n) is 11.6. The molecule has 7 heteroatoms. The SMILES string of the molecule is Cc1ccc(-c2cn(S(=O)(=O)c3ccc(Br)cc3)nn2)cc1. The molecule has 0 amide bonds. The van der Waals surface area contributed by atoms with Crippen molar-refractivity contribution < 1.29 is 8.42 Å². The predicted octanol–water partition coefficient (Wildman–Crippen LogP) is 3.25. The molecule has 5 nitrogen and oxygen atoms in total. The maximum absolute atomic E-state index is 12.5.